The number of nitrogens with zero attached hydrogens (tertiary/aromatic N) is 4. The van der Waals surface area contributed by atoms with Crippen LogP contribution in [0.3, 0.4) is 0 Å². The Hall–Kier alpha value is -0.160. The molecule has 0 N–H and O–H groups in total. The van der Waals surface area contributed by atoms with Crippen LogP contribution in [0.2, 0.25) is 0 Å². The van der Waals surface area contributed by atoms with E-state index >= 15 is 0 Å². The lowest BCUT2D eigenvalue weighted by Crippen LogP contribution is -2.35. The van der Waals surface area contributed by atoms with Crippen LogP contribution in [0, 0.1) is 0 Å². The first kappa shape index (κ1) is 21.1. The standard InChI is InChI=1S/C21H44N4/c1-3-5-10-22-12-7-14-24(20-18-22)16-9-17-25-15-8-13-23(19-21-25)11-6-4-2/h3-21H2,1-2H3. The molecule has 2 fully saturated rings. The fraction of sp³-hybridized carbons (Fsp3) is 1.00. The molecule has 4 nitrogen and oxygen atoms in total. The van der Waals surface area contributed by atoms with Crippen molar-refractivity contribution in [3.63, 3.8) is 0 Å². The van der Waals surface area contributed by atoms with Gasteiger partial charge >= 0.3 is 0 Å². The molecule has 2 aliphatic rings. The second kappa shape index (κ2) is 13.1. The second-order valence-corrected chi connectivity index (χ2v) is 8.13. The van der Waals surface area contributed by atoms with Crippen molar-refractivity contribution in [2.75, 3.05) is 78.5 Å². The molecule has 0 aliphatic carbocycles. The van der Waals surface area contributed by atoms with E-state index in [0.29, 0.717) is 0 Å². The van der Waals surface area contributed by atoms with Gasteiger partial charge in [-0.05, 0) is 84.5 Å². The molecule has 0 spiro atoms. The highest BCUT2D eigenvalue weighted by Gasteiger charge is 2.16. The number of hydrogen-bond acceptors (Lipinski definition) is 4. The van der Waals surface area contributed by atoms with Gasteiger partial charge in [0, 0.05) is 26.2 Å². The Morgan fingerprint density at radius 2 is 0.760 bits per heavy atom. The Labute approximate surface area is 157 Å². The Kier molecular flexibility index (Phi) is 11.1. The van der Waals surface area contributed by atoms with E-state index in [9.17, 15) is 0 Å². The molecule has 2 saturated heterocycles. The molecular formula is C21H44N4. The van der Waals surface area contributed by atoms with Crippen molar-refractivity contribution < 1.29 is 0 Å². The minimum absolute atomic E-state index is 1.29. The molecule has 4 heteroatoms. The zero-order valence-electron chi connectivity index (χ0n) is 17.2. The van der Waals surface area contributed by atoms with Crippen LogP contribution in [0.15, 0.2) is 0 Å². The van der Waals surface area contributed by atoms with E-state index in [-0.39, 0.29) is 0 Å². The molecule has 2 rings (SSSR count). The van der Waals surface area contributed by atoms with Gasteiger partial charge in [0.15, 0.2) is 0 Å². The summed E-state index contributed by atoms with van der Waals surface area (Å²) < 4.78 is 0. The van der Waals surface area contributed by atoms with Crippen LogP contribution in [0.5, 0.6) is 0 Å². The molecule has 0 saturated carbocycles. The molecule has 0 aromatic carbocycles. The van der Waals surface area contributed by atoms with Crippen LogP contribution in [-0.2, 0) is 0 Å². The molecule has 0 atom stereocenters. The van der Waals surface area contributed by atoms with Crippen molar-refractivity contribution in [3.8, 4) is 0 Å². The van der Waals surface area contributed by atoms with Crippen molar-refractivity contribution in [1.29, 1.82) is 0 Å². The third kappa shape index (κ3) is 8.85. The highest BCUT2D eigenvalue weighted by Crippen LogP contribution is 2.08. The van der Waals surface area contributed by atoms with E-state index in [1.807, 2.05) is 0 Å². The topological polar surface area (TPSA) is 13.0 Å². The third-order valence-electron chi connectivity index (χ3n) is 5.97. The van der Waals surface area contributed by atoms with E-state index < -0.39 is 0 Å². The van der Waals surface area contributed by atoms with Gasteiger partial charge in [0.05, 0.1) is 0 Å². The highest BCUT2D eigenvalue weighted by molar-refractivity contribution is 4.72. The lowest BCUT2D eigenvalue weighted by Gasteiger charge is -2.24. The quantitative estimate of drug-likeness (QED) is 0.599. The molecule has 2 heterocycles. The number of unbranched alkanes of at least 4 members (excludes halogenated alkanes) is 2. The molecule has 2 aliphatic heterocycles. The largest absolute Gasteiger partial charge is 0.302 e. The predicted molar refractivity (Wildman–Crippen MR) is 109 cm³/mol. The van der Waals surface area contributed by atoms with Gasteiger partial charge in [-0.25, -0.2) is 0 Å². The molecule has 0 radical (unpaired) electrons. The Morgan fingerprint density at radius 1 is 0.440 bits per heavy atom. The number of hydrogen-bond donors (Lipinski definition) is 0. The molecule has 0 bridgehead atoms. The fourth-order valence-corrected chi connectivity index (χ4v) is 4.22. The van der Waals surface area contributed by atoms with E-state index in [2.05, 4.69) is 33.4 Å². The third-order valence-corrected chi connectivity index (χ3v) is 5.97. The van der Waals surface area contributed by atoms with E-state index in [1.54, 1.807) is 0 Å². The Bertz CT molecular complexity index is 293. The monoisotopic (exact) mass is 352 g/mol. The minimum atomic E-state index is 1.29. The molecule has 0 aromatic heterocycles. The van der Waals surface area contributed by atoms with Crippen molar-refractivity contribution in [3.05, 3.63) is 0 Å². The lowest BCUT2D eigenvalue weighted by molar-refractivity contribution is 0.222. The van der Waals surface area contributed by atoms with E-state index in [1.165, 1.54) is 123 Å². The molecular weight excluding hydrogens is 308 g/mol. The normalized spacial score (nSPS) is 22.8. The first-order valence-electron chi connectivity index (χ1n) is 11.2. The van der Waals surface area contributed by atoms with Gasteiger partial charge in [-0.1, -0.05) is 26.7 Å². The van der Waals surface area contributed by atoms with Crippen LogP contribution in [0.1, 0.15) is 58.8 Å². The van der Waals surface area contributed by atoms with Crippen LogP contribution in [-0.4, -0.2) is 98.1 Å². The van der Waals surface area contributed by atoms with Crippen molar-refractivity contribution in [2.24, 2.45) is 0 Å². The van der Waals surface area contributed by atoms with Gasteiger partial charge in [-0.15, -0.1) is 0 Å². The SMILES string of the molecule is CCCCN1CCCN(CCCN2CCCN(CCCC)CC2)CC1. The van der Waals surface area contributed by atoms with Gasteiger partial charge in [0.1, 0.15) is 0 Å². The lowest BCUT2D eigenvalue weighted by atomic mass is 10.3. The molecule has 0 aromatic rings. The summed E-state index contributed by atoms with van der Waals surface area (Å²) in [6.45, 7) is 20.2. The first-order chi connectivity index (χ1) is 12.3. The van der Waals surface area contributed by atoms with Gasteiger partial charge < -0.3 is 19.6 Å². The van der Waals surface area contributed by atoms with Gasteiger partial charge in [0.2, 0.25) is 0 Å². The maximum atomic E-state index is 2.72. The molecule has 0 amide bonds. The van der Waals surface area contributed by atoms with Crippen LogP contribution in [0.25, 0.3) is 0 Å². The predicted octanol–water partition coefficient (Wildman–Crippen LogP) is 2.99. The van der Waals surface area contributed by atoms with Crippen molar-refractivity contribution in [2.45, 2.75) is 58.8 Å². The summed E-state index contributed by atoms with van der Waals surface area (Å²) in [5.74, 6) is 0. The summed E-state index contributed by atoms with van der Waals surface area (Å²) in [5, 5.41) is 0. The zero-order chi connectivity index (χ0) is 17.7. The Morgan fingerprint density at radius 3 is 1.08 bits per heavy atom. The van der Waals surface area contributed by atoms with Crippen LogP contribution < -0.4 is 0 Å². The van der Waals surface area contributed by atoms with Gasteiger partial charge in [-0.3, -0.25) is 0 Å². The van der Waals surface area contributed by atoms with Gasteiger partial charge in [-0.2, -0.15) is 0 Å². The van der Waals surface area contributed by atoms with Crippen molar-refractivity contribution in [1.82, 2.24) is 19.6 Å². The highest BCUT2D eigenvalue weighted by atomic mass is 15.2. The molecule has 148 valence electrons. The Balaban J connectivity index is 1.57. The minimum Gasteiger partial charge on any atom is -0.302 e. The van der Waals surface area contributed by atoms with Crippen molar-refractivity contribution >= 4 is 0 Å². The molecule has 0 unspecified atom stereocenters. The smallest absolute Gasteiger partial charge is 0.0109 e. The first-order valence-corrected chi connectivity index (χ1v) is 11.2. The summed E-state index contributed by atoms with van der Waals surface area (Å²) in [6, 6.07) is 0. The second-order valence-electron chi connectivity index (χ2n) is 8.13. The van der Waals surface area contributed by atoms with E-state index in [0.717, 1.165) is 0 Å². The summed E-state index contributed by atoms with van der Waals surface area (Å²) in [4.78, 5) is 10.8. The summed E-state index contributed by atoms with van der Waals surface area (Å²) >= 11 is 0. The fourth-order valence-electron chi connectivity index (χ4n) is 4.22. The molecule has 25 heavy (non-hydrogen) atoms. The summed E-state index contributed by atoms with van der Waals surface area (Å²) in [6.07, 6.45) is 9.45. The van der Waals surface area contributed by atoms with Crippen LogP contribution in [0.4, 0.5) is 0 Å². The maximum Gasteiger partial charge on any atom is 0.0109 e. The average molecular weight is 353 g/mol. The zero-order valence-corrected chi connectivity index (χ0v) is 17.2. The van der Waals surface area contributed by atoms with E-state index in [4.69, 9.17) is 0 Å². The number of rotatable bonds is 10. The maximum absolute atomic E-state index is 2.72. The summed E-state index contributed by atoms with van der Waals surface area (Å²) in [7, 11) is 0. The average Bonchev–Trinajstić information content (AvgIpc) is 2.99. The van der Waals surface area contributed by atoms with Gasteiger partial charge in [0.25, 0.3) is 0 Å². The summed E-state index contributed by atoms with van der Waals surface area (Å²) in [5.41, 5.74) is 0. The van der Waals surface area contributed by atoms with Crippen LogP contribution >= 0.6 is 0 Å².